The molecular formula is C25H22N8O3S. The van der Waals surface area contributed by atoms with Crippen LogP contribution in [0.2, 0.25) is 0 Å². The normalized spacial score (nSPS) is 12.6. The molecular weight excluding hydrogens is 492 g/mol. The molecule has 1 saturated carbocycles. The van der Waals surface area contributed by atoms with E-state index in [0.29, 0.717) is 28.8 Å². The summed E-state index contributed by atoms with van der Waals surface area (Å²) < 4.78 is 26.1. The van der Waals surface area contributed by atoms with Crippen LogP contribution in [-0.2, 0) is 10.5 Å². The number of carbonyl (C=O) groups excluding carboxylic acids is 1. The van der Waals surface area contributed by atoms with E-state index in [1.54, 1.807) is 27.7 Å². The van der Waals surface area contributed by atoms with E-state index in [9.17, 15) is 4.79 Å². The molecule has 4 heterocycles. The van der Waals surface area contributed by atoms with E-state index < -0.39 is 10.5 Å². The van der Waals surface area contributed by atoms with Gasteiger partial charge in [-0.15, -0.1) is 0 Å². The average molecular weight is 515 g/mol. The number of pyridine rings is 1. The number of nitrogens with one attached hydrogen (secondary N) is 2. The molecule has 0 saturated heterocycles. The zero-order valence-electron chi connectivity index (χ0n) is 19.7. The lowest BCUT2D eigenvalue weighted by atomic mass is 10.1. The van der Waals surface area contributed by atoms with Crippen molar-refractivity contribution >= 4 is 27.9 Å². The Morgan fingerprint density at radius 2 is 1.84 bits per heavy atom. The van der Waals surface area contributed by atoms with Gasteiger partial charge in [0.2, 0.25) is 0 Å². The van der Waals surface area contributed by atoms with Crippen molar-refractivity contribution in [3.63, 3.8) is 0 Å². The van der Waals surface area contributed by atoms with Crippen LogP contribution in [0.1, 0.15) is 40.2 Å². The summed E-state index contributed by atoms with van der Waals surface area (Å²) in [5, 5.41) is 12.0. The van der Waals surface area contributed by atoms with Gasteiger partial charge in [0.25, 0.3) is 5.91 Å². The van der Waals surface area contributed by atoms with Gasteiger partial charge in [-0.05, 0) is 43.4 Å². The quantitative estimate of drug-likeness (QED) is 0.359. The Bertz CT molecular complexity index is 1680. The Morgan fingerprint density at radius 1 is 1.08 bits per heavy atom. The molecule has 1 fully saturated rings. The summed E-state index contributed by atoms with van der Waals surface area (Å²) in [4.78, 5) is 22.1. The Labute approximate surface area is 213 Å². The number of amides is 1. The van der Waals surface area contributed by atoms with Gasteiger partial charge in [-0.3, -0.25) is 4.79 Å². The fourth-order valence-corrected chi connectivity index (χ4v) is 3.86. The molecule has 37 heavy (non-hydrogen) atoms. The summed E-state index contributed by atoms with van der Waals surface area (Å²) in [7, 11) is -2.61. The van der Waals surface area contributed by atoms with Gasteiger partial charge in [-0.1, -0.05) is 35.9 Å². The average Bonchev–Trinajstić information content (AvgIpc) is 3.51. The highest BCUT2D eigenvalue weighted by Crippen LogP contribution is 2.39. The molecule has 1 aromatic carbocycles. The lowest BCUT2D eigenvalue weighted by Crippen LogP contribution is -2.15. The van der Waals surface area contributed by atoms with E-state index in [4.69, 9.17) is 18.3 Å². The first-order valence-corrected chi connectivity index (χ1v) is 12.5. The minimum Gasteiger partial charge on any atom is -0.306 e. The van der Waals surface area contributed by atoms with E-state index in [2.05, 4.69) is 26.4 Å². The maximum Gasteiger partial charge on any atom is 0.308 e. The van der Waals surface area contributed by atoms with Crippen molar-refractivity contribution in [2.45, 2.75) is 25.7 Å². The number of aryl methyl sites for hydroxylation is 1. The van der Waals surface area contributed by atoms with Gasteiger partial charge in [-0.2, -0.15) is 28.1 Å². The van der Waals surface area contributed by atoms with Crippen LogP contribution in [0, 0.1) is 11.7 Å². The summed E-state index contributed by atoms with van der Waals surface area (Å²) in [5.41, 5.74) is 5.00. The summed E-state index contributed by atoms with van der Waals surface area (Å²) in [6.07, 6.45) is 9.25. The van der Waals surface area contributed by atoms with Crippen molar-refractivity contribution in [1.82, 2.24) is 29.4 Å². The molecule has 0 aliphatic heterocycles. The van der Waals surface area contributed by atoms with Gasteiger partial charge in [0.05, 0.1) is 11.9 Å². The van der Waals surface area contributed by atoms with E-state index >= 15 is 0 Å². The lowest BCUT2D eigenvalue weighted by molar-refractivity contribution is 0.102. The molecule has 1 aliphatic carbocycles. The van der Waals surface area contributed by atoms with Crippen LogP contribution in [0.3, 0.4) is 0 Å². The van der Waals surface area contributed by atoms with Crippen LogP contribution in [0.4, 0.5) is 5.82 Å². The highest BCUT2D eigenvalue weighted by Gasteiger charge is 2.24. The number of benzene rings is 1. The maximum atomic E-state index is 13.1. The first-order valence-electron chi connectivity index (χ1n) is 11.4. The second-order valence-electron chi connectivity index (χ2n) is 8.55. The van der Waals surface area contributed by atoms with Crippen molar-refractivity contribution in [3.05, 3.63) is 90.0 Å². The van der Waals surface area contributed by atoms with Crippen LogP contribution in [-0.4, -0.2) is 43.7 Å². The molecule has 0 spiro atoms. The van der Waals surface area contributed by atoms with Gasteiger partial charge in [0.1, 0.15) is 11.4 Å². The summed E-state index contributed by atoms with van der Waals surface area (Å²) in [6, 6.07) is 15.8. The van der Waals surface area contributed by atoms with Gasteiger partial charge in [-0.25, -0.2) is 14.5 Å². The molecule has 0 unspecified atom stereocenters. The Kier molecular flexibility index (Phi) is 6.56. The largest absolute Gasteiger partial charge is 0.308 e. The minimum absolute atomic E-state index is 0.310. The number of hydrogen-bond acceptors (Lipinski definition) is 8. The highest BCUT2D eigenvalue weighted by atomic mass is 32.2. The van der Waals surface area contributed by atoms with Gasteiger partial charge < -0.3 is 5.32 Å². The van der Waals surface area contributed by atoms with E-state index in [-0.39, 0.29) is 5.91 Å². The van der Waals surface area contributed by atoms with E-state index in [1.807, 2.05) is 49.5 Å². The molecule has 2 N–H and O–H groups in total. The second kappa shape index (κ2) is 10.1. The number of rotatable bonds is 5. The van der Waals surface area contributed by atoms with E-state index in [0.717, 1.165) is 11.3 Å². The van der Waals surface area contributed by atoms with Crippen LogP contribution in [0.5, 0.6) is 0 Å². The number of nitrogens with zero attached hydrogens (tertiary/aromatic N) is 6. The summed E-state index contributed by atoms with van der Waals surface area (Å²) in [6.45, 7) is 2.05. The third kappa shape index (κ3) is 5.43. The zero-order chi connectivity index (χ0) is 25.9. The monoisotopic (exact) mass is 514 g/mol. The molecule has 1 amide bonds. The predicted octanol–water partition coefficient (Wildman–Crippen LogP) is 4.04. The lowest BCUT2D eigenvalue weighted by Gasteiger charge is -2.08. The molecule has 4 aromatic heterocycles. The topological polar surface area (TPSA) is 148 Å². The molecule has 0 bridgehead atoms. The second-order valence-corrected chi connectivity index (χ2v) is 9.02. The van der Waals surface area contributed by atoms with Crippen molar-refractivity contribution in [2.75, 3.05) is 5.32 Å². The molecule has 12 heteroatoms. The zero-order valence-corrected chi connectivity index (χ0v) is 20.6. The number of carbonyl (C=O) groups is 1. The third-order valence-electron chi connectivity index (χ3n) is 5.86. The van der Waals surface area contributed by atoms with Crippen molar-refractivity contribution in [3.8, 4) is 17.1 Å². The van der Waals surface area contributed by atoms with Gasteiger partial charge >= 0.3 is 10.5 Å². The molecule has 1 aliphatic rings. The highest BCUT2D eigenvalue weighted by molar-refractivity contribution is 7.60. The van der Waals surface area contributed by atoms with Crippen LogP contribution in [0.15, 0.2) is 73.3 Å². The Morgan fingerprint density at radius 3 is 2.51 bits per heavy atom. The van der Waals surface area contributed by atoms with Gasteiger partial charge in [0, 0.05) is 30.2 Å². The molecule has 186 valence electrons. The fourth-order valence-electron chi connectivity index (χ4n) is 3.86. The molecule has 0 radical (unpaired) electrons. The number of anilines is 1. The number of fused-ring (bicyclic) bond motifs is 1. The minimum atomic E-state index is -2.61. The number of hydrogen-bond donors (Lipinski definition) is 2. The smallest absolute Gasteiger partial charge is 0.306 e. The Hall–Kier alpha value is -4.71. The van der Waals surface area contributed by atoms with Crippen LogP contribution in [0.25, 0.3) is 22.7 Å². The predicted molar refractivity (Wildman–Crippen MR) is 136 cm³/mol. The maximum absolute atomic E-state index is 13.1. The van der Waals surface area contributed by atoms with Crippen molar-refractivity contribution < 1.29 is 13.2 Å². The fraction of sp³-hybridized carbons (Fsp3) is 0.160. The number of aromatic nitrogens is 6. The SMILES string of the molecule is Cc1ccc(-c2cc(NC(=O)c3cnn4cccnc34)n(-c3ccc(C4CC4)cn3)n2)cc1.N=S(=O)=O. The van der Waals surface area contributed by atoms with E-state index in [1.165, 1.54) is 30.2 Å². The van der Waals surface area contributed by atoms with Crippen molar-refractivity contribution in [2.24, 2.45) is 0 Å². The third-order valence-corrected chi connectivity index (χ3v) is 5.86. The van der Waals surface area contributed by atoms with Crippen LogP contribution >= 0.6 is 0 Å². The first-order chi connectivity index (χ1) is 17.9. The van der Waals surface area contributed by atoms with Gasteiger partial charge in [0.15, 0.2) is 11.5 Å². The molecule has 6 rings (SSSR count). The molecule has 5 aromatic rings. The molecule has 11 nitrogen and oxygen atoms in total. The molecule has 0 atom stereocenters. The summed E-state index contributed by atoms with van der Waals surface area (Å²) >= 11 is 0. The summed E-state index contributed by atoms with van der Waals surface area (Å²) in [5.74, 6) is 1.48. The first kappa shape index (κ1) is 24.0. The van der Waals surface area contributed by atoms with Crippen LogP contribution < -0.4 is 5.32 Å². The Balaban J connectivity index is 0.000000655. The van der Waals surface area contributed by atoms with Crippen molar-refractivity contribution in [1.29, 1.82) is 4.78 Å². The standard InChI is InChI=1S/C25H21N7O.HNO2S/c1-16-3-5-18(6-4-16)21-13-23(29-25(33)20-15-28-31-12-2-11-26-24(20)31)32(30-21)22-10-9-19(14-27-22)17-7-8-17;1-4(2)3/h2-6,9-15,17H,7-8H2,1H3,(H,29,33);1H.